The number of hydrogen-bond acceptors (Lipinski definition) is 4. The number of benzene rings is 1. The summed E-state index contributed by atoms with van der Waals surface area (Å²) in [6.45, 7) is -0.0255. The first-order valence-corrected chi connectivity index (χ1v) is 5.96. The molecular weight excluding hydrogens is 288 g/mol. The summed E-state index contributed by atoms with van der Waals surface area (Å²) in [5.41, 5.74) is 0.322. The lowest BCUT2D eigenvalue weighted by Crippen LogP contribution is -2.31. The van der Waals surface area contributed by atoms with E-state index in [4.69, 9.17) is 16.7 Å². The Kier molecular flexibility index (Phi) is 5.79. The molecule has 0 radical (unpaired) electrons. The number of ether oxygens (including phenoxy) is 1. The van der Waals surface area contributed by atoms with Gasteiger partial charge in [-0.1, -0.05) is 11.6 Å². The maximum atomic E-state index is 11.5. The minimum atomic E-state index is -1.02. The quantitative estimate of drug-likeness (QED) is 0.718. The minimum absolute atomic E-state index is 0.0255. The molecule has 1 aromatic rings. The van der Waals surface area contributed by atoms with Gasteiger partial charge in [0.1, 0.15) is 0 Å². The molecule has 0 aromatic heterocycles. The van der Waals surface area contributed by atoms with Crippen molar-refractivity contribution in [1.82, 2.24) is 5.32 Å². The average molecular weight is 301 g/mol. The van der Waals surface area contributed by atoms with Crippen LogP contribution in [0.5, 0.6) is 0 Å². The summed E-state index contributed by atoms with van der Waals surface area (Å²) in [5, 5.41) is 13.5. The van der Waals surface area contributed by atoms with Gasteiger partial charge in [-0.3, -0.25) is 4.79 Å². The number of hydrogen-bond donors (Lipinski definition) is 3. The van der Waals surface area contributed by atoms with Gasteiger partial charge in [0.25, 0.3) is 0 Å². The summed E-state index contributed by atoms with van der Waals surface area (Å²) in [6, 6.07) is 3.69. The van der Waals surface area contributed by atoms with Gasteiger partial charge in [-0.2, -0.15) is 0 Å². The number of halogens is 1. The van der Waals surface area contributed by atoms with Gasteiger partial charge in [0, 0.05) is 11.6 Å². The van der Waals surface area contributed by atoms with Crippen LogP contribution in [-0.4, -0.2) is 36.7 Å². The zero-order chi connectivity index (χ0) is 15.1. The van der Waals surface area contributed by atoms with Gasteiger partial charge in [0.05, 0.1) is 24.8 Å². The summed E-state index contributed by atoms with van der Waals surface area (Å²) >= 11 is 5.77. The first kappa shape index (κ1) is 15.8. The van der Waals surface area contributed by atoms with Crippen molar-refractivity contribution in [2.75, 3.05) is 19.0 Å². The largest absolute Gasteiger partial charge is 0.481 e. The monoisotopic (exact) mass is 300 g/mol. The van der Waals surface area contributed by atoms with Crippen LogP contribution < -0.4 is 10.6 Å². The third kappa shape index (κ3) is 4.77. The fraction of sp³-hybridized carbons (Fsp3) is 0.250. The van der Waals surface area contributed by atoms with Crippen molar-refractivity contribution >= 4 is 35.3 Å². The molecular formula is C12H13ClN2O5. The van der Waals surface area contributed by atoms with E-state index in [0.717, 1.165) is 0 Å². The van der Waals surface area contributed by atoms with Crippen LogP contribution in [0.4, 0.5) is 10.5 Å². The average Bonchev–Trinajstić information content (AvgIpc) is 2.39. The Morgan fingerprint density at radius 1 is 1.35 bits per heavy atom. The Morgan fingerprint density at radius 2 is 2.05 bits per heavy atom. The number of amides is 2. The van der Waals surface area contributed by atoms with E-state index >= 15 is 0 Å². The fourth-order valence-electron chi connectivity index (χ4n) is 1.35. The molecule has 0 fully saturated rings. The number of aliphatic carboxylic acids is 1. The Labute approximate surface area is 119 Å². The maximum absolute atomic E-state index is 11.5. The third-order valence-corrected chi connectivity index (χ3v) is 2.49. The van der Waals surface area contributed by atoms with Gasteiger partial charge in [-0.25, -0.2) is 9.59 Å². The topological polar surface area (TPSA) is 105 Å². The van der Waals surface area contributed by atoms with Crippen LogP contribution in [0.2, 0.25) is 5.02 Å². The lowest BCUT2D eigenvalue weighted by Gasteiger charge is -2.10. The highest BCUT2D eigenvalue weighted by atomic mass is 35.5. The number of rotatable bonds is 5. The van der Waals surface area contributed by atoms with Crippen LogP contribution in [0.1, 0.15) is 16.8 Å². The van der Waals surface area contributed by atoms with Crippen molar-refractivity contribution in [1.29, 1.82) is 0 Å². The summed E-state index contributed by atoms with van der Waals surface area (Å²) < 4.78 is 4.58. The van der Waals surface area contributed by atoms with Gasteiger partial charge in [0.15, 0.2) is 0 Å². The van der Waals surface area contributed by atoms with E-state index in [9.17, 15) is 14.4 Å². The van der Waals surface area contributed by atoms with Crippen molar-refractivity contribution in [2.45, 2.75) is 6.42 Å². The highest BCUT2D eigenvalue weighted by Crippen LogP contribution is 2.21. The summed E-state index contributed by atoms with van der Waals surface area (Å²) in [4.78, 5) is 33.4. The molecule has 7 nitrogen and oxygen atoms in total. The van der Waals surface area contributed by atoms with Gasteiger partial charge < -0.3 is 20.5 Å². The van der Waals surface area contributed by atoms with E-state index in [1.807, 2.05) is 0 Å². The maximum Gasteiger partial charge on any atom is 0.340 e. The summed E-state index contributed by atoms with van der Waals surface area (Å²) in [6.07, 6.45) is -0.197. The zero-order valence-corrected chi connectivity index (χ0v) is 11.4. The number of carboxylic acids is 1. The molecule has 0 bridgehead atoms. The molecule has 108 valence electrons. The van der Waals surface area contributed by atoms with Gasteiger partial charge in [-0.15, -0.1) is 0 Å². The van der Waals surface area contributed by atoms with Crippen LogP contribution in [0.3, 0.4) is 0 Å². The first-order valence-electron chi connectivity index (χ1n) is 5.58. The molecule has 3 N–H and O–H groups in total. The molecule has 0 aliphatic carbocycles. The smallest absolute Gasteiger partial charge is 0.340 e. The van der Waals surface area contributed by atoms with Crippen molar-refractivity contribution in [3.05, 3.63) is 28.8 Å². The molecule has 0 unspecified atom stereocenters. The normalized spacial score (nSPS) is 9.70. The number of anilines is 1. The zero-order valence-electron chi connectivity index (χ0n) is 10.6. The molecule has 0 atom stereocenters. The number of methoxy groups -OCH3 is 1. The number of carboxylic acid groups (broad SMARTS) is 1. The van der Waals surface area contributed by atoms with Gasteiger partial charge in [-0.05, 0) is 18.2 Å². The van der Waals surface area contributed by atoms with Crippen LogP contribution in [-0.2, 0) is 9.53 Å². The Bertz CT molecular complexity index is 533. The lowest BCUT2D eigenvalue weighted by molar-refractivity contribution is -0.136. The van der Waals surface area contributed by atoms with Gasteiger partial charge >= 0.3 is 18.0 Å². The van der Waals surface area contributed by atoms with Crippen molar-refractivity contribution in [3.63, 3.8) is 0 Å². The van der Waals surface area contributed by atoms with Gasteiger partial charge in [0.2, 0.25) is 0 Å². The number of carbonyl (C=O) groups excluding carboxylic acids is 2. The minimum Gasteiger partial charge on any atom is -0.481 e. The number of urea groups is 1. The fourth-order valence-corrected chi connectivity index (χ4v) is 1.53. The van der Waals surface area contributed by atoms with E-state index in [2.05, 4.69) is 15.4 Å². The Balaban J connectivity index is 2.74. The highest BCUT2D eigenvalue weighted by molar-refractivity contribution is 6.31. The molecule has 0 saturated carbocycles. The molecule has 0 aliphatic rings. The molecule has 1 aromatic carbocycles. The number of carbonyl (C=O) groups is 3. The highest BCUT2D eigenvalue weighted by Gasteiger charge is 2.14. The SMILES string of the molecule is COC(=O)c1cc(Cl)ccc1NC(=O)NCCC(=O)O. The van der Waals surface area contributed by atoms with Crippen molar-refractivity contribution in [3.8, 4) is 0 Å². The summed E-state index contributed by atoms with van der Waals surface area (Å²) in [5.74, 6) is -1.67. The molecule has 0 saturated heterocycles. The predicted molar refractivity (Wildman–Crippen MR) is 72.1 cm³/mol. The molecule has 20 heavy (non-hydrogen) atoms. The number of esters is 1. The molecule has 0 spiro atoms. The lowest BCUT2D eigenvalue weighted by atomic mass is 10.2. The molecule has 0 heterocycles. The van der Waals surface area contributed by atoms with Crippen LogP contribution in [0.25, 0.3) is 0 Å². The van der Waals surface area contributed by atoms with E-state index in [1.165, 1.54) is 25.3 Å². The number of nitrogens with one attached hydrogen (secondary N) is 2. The van der Waals surface area contributed by atoms with Crippen molar-refractivity contribution in [2.24, 2.45) is 0 Å². The standard InChI is InChI=1S/C12H13ClN2O5/c1-20-11(18)8-6-7(13)2-3-9(8)15-12(19)14-5-4-10(16)17/h2-3,6H,4-5H2,1H3,(H,16,17)(H2,14,15,19). The van der Waals surface area contributed by atoms with Crippen LogP contribution >= 0.6 is 11.6 Å². The first-order chi connectivity index (χ1) is 9.43. The van der Waals surface area contributed by atoms with Crippen LogP contribution in [0, 0.1) is 0 Å². The molecule has 1 rings (SSSR count). The molecule has 0 aliphatic heterocycles. The third-order valence-electron chi connectivity index (χ3n) is 2.26. The van der Waals surface area contributed by atoms with E-state index < -0.39 is 18.0 Å². The second kappa shape index (κ2) is 7.34. The predicted octanol–water partition coefficient (Wildman–Crippen LogP) is 1.72. The second-order valence-corrected chi connectivity index (χ2v) is 4.14. The molecule has 2 amide bonds. The Morgan fingerprint density at radius 3 is 2.65 bits per heavy atom. The van der Waals surface area contributed by atoms with Crippen LogP contribution in [0.15, 0.2) is 18.2 Å². The van der Waals surface area contributed by atoms with E-state index in [0.29, 0.717) is 5.02 Å². The molecule has 8 heteroatoms. The summed E-state index contributed by atoms with van der Waals surface area (Å²) in [7, 11) is 1.21. The van der Waals surface area contributed by atoms with Crippen molar-refractivity contribution < 1.29 is 24.2 Å². The second-order valence-electron chi connectivity index (χ2n) is 3.71. The van der Waals surface area contributed by atoms with E-state index in [1.54, 1.807) is 0 Å². The van der Waals surface area contributed by atoms with E-state index in [-0.39, 0.29) is 24.2 Å². The Hall–Kier alpha value is -2.28.